The average molecular weight is 261 g/mol. The molecule has 0 atom stereocenters. The number of aryl methyl sites for hydroxylation is 2. The molecule has 0 aliphatic carbocycles. The summed E-state index contributed by atoms with van der Waals surface area (Å²) >= 11 is 0. The van der Waals surface area contributed by atoms with Crippen molar-refractivity contribution in [1.29, 1.82) is 0 Å². The lowest BCUT2D eigenvalue weighted by Gasteiger charge is -2.04. The SMILES string of the molecule is Cc1[nH]ncc1CNC(=O)CCc1ccc(F)cc1. The van der Waals surface area contributed by atoms with Gasteiger partial charge in [0.25, 0.3) is 0 Å². The number of aromatic amines is 1. The third-order valence-electron chi connectivity index (χ3n) is 2.96. The van der Waals surface area contributed by atoms with Crippen LogP contribution in [0.15, 0.2) is 30.5 Å². The first-order chi connectivity index (χ1) is 9.15. The molecule has 0 saturated heterocycles. The minimum atomic E-state index is -0.261. The number of nitrogens with one attached hydrogen (secondary N) is 2. The molecule has 0 saturated carbocycles. The summed E-state index contributed by atoms with van der Waals surface area (Å²) in [6.07, 6.45) is 2.70. The highest BCUT2D eigenvalue weighted by molar-refractivity contribution is 5.76. The third-order valence-corrected chi connectivity index (χ3v) is 2.96. The lowest BCUT2D eigenvalue weighted by atomic mass is 10.1. The van der Waals surface area contributed by atoms with Crippen molar-refractivity contribution >= 4 is 5.91 Å². The monoisotopic (exact) mass is 261 g/mol. The summed E-state index contributed by atoms with van der Waals surface area (Å²) in [6.45, 7) is 2.39. The van der Waals surface area contributed by atoms with Crippen LogP contribution in [0, 0.1) is 12.7 Å². The number of hydrogen-bond donors (Lipinski definition) is 2. The quantitative estimate of drug-likeness (QED) is 0.866. The van der Waals surface area contributed by atoms with Gasteiger partial charge in [0.1, 0.15) is 5.82 Å². The number of nitrogens with zero attached hydrogens (tertiary/aromatic N) is 1. The second-order valence-electron chi connectivity index (χ2n) is 4.42. The van der Waals surface area contributed by atoms with E-state index in [0.29, 0.717) is 19.4 Å². The van der Waals surface area contributed by atoms with Crippen molar-refractivity contribution in [1.82, 2.24) is 15.5 Å². The molecule has 4 nitrogen and oxygen atoms in total. The summed E-state index contributed by atoms with van der Waals surface area (Å²) in [7, 11) is 0. The number of amides is 1. The fourth-order valence-corrected chi connectivity index (χ4v) is 1.75. The molecule has 1 amide bonds. The number of benzene rings is 1. The number of H-pyrrole nitrogens is 1. The van der Waals surface area contributed by atoms with Crippen LogP contribution in [0.1, 0.15) is 23.2 Å². The molecule has 2 N–H and O–H groups in total. The fraction of sp³-hybridized carbons (Fsp3) is 0.286. The van der Waals surface area contributed by atoms with Crippen LogP contribution < -0.4 is 5.32 Å². The van der Waals surface area contributed by atoms with Gasteiger partial charge in [-0.1, -0.05) is 12.1 Å². The molecule has 1 aromatic carbocycles. The second kappa shape index (κ2) is 6.13. The van der Waals surface area contributed by atoms with Gasteiger partial charge in [-0.3, -0.25) is 9.89 Å². The highest BCUT2D eigenvalue weighted by atomic mass is 19.1. The molecular weight excluding hydrogens is 245 g/mol. The molecule has 2 rings (SSSR count). The molecule has 0 aliphatic heterocycles. The summed E-state index contributed by atoms with van der Waals surface area (Å²) < 4.78 is 12.7. The zero-order chi connectivity index (χ0) is 13.7. The van der Waals surface area contributed by atoms with Crippen LogP contribution in [0.5, 0.6) is 0 Å². The molecule has 100 valence electrons. The van der Waals surface area contributed by atoms with Crippen molar-refractivity contribution in [2.24, 2.45) is 0 Å². The van der Waals surface area contributed by atoms with Gasteiger partial charge in [-0.25, -0.2) is 4.39 Å². The molecule has 19 heavy (non-hydrogen) atoms. The molecule has 5 heteroatoms. The molecule has 0 fully saturated rings. The molecule has 2 aromatic rings. The van der Waals surface area contributed by atoms with Gasteiger partial charge in [0.2, 0.25) is 5.91 Å². The zero-order valence-electron chi connectivity index (χ0n) is 10.7. The molecule has 0 bridgehead atoms. The highest BCUT2D eigenvalue weighted by Gasteiger charge is 2.05. The Bertz CT molecular complexity index is 548. The maximum absolute atomic E-state index is 12.7. The molecule has 0 aliphatic rings. The average Bonchev–Trinajstić information content (AvgIpc) is 2.81. The van der Waals surface area contributed by atoms with E-state index in [9.17, 15) is 9.18 Å². The zero-order valence-corrected chi connectivity index (χ0v) is 10.7. The number of halogens is 1. The van der Waals surface area contributed by atoms with Crippen LogP contribution in [0.25, 0.3) is 0 Å². The lowest BCUT2D eigenvalue weighted by Crippen LogP contribution is -2.23. The Labute approximate surface area is 111 Å². The Hall–Kier alpha value is -2.17. The predicted octanol–water partition coefficient (Wildman–Crippen LogP) is 2.11. The Morgan fingerprint density at radius 2 is 2.11 bits per heavy atom. The number of hydrogen-bond acceptors (Lipinski definition) is 2. The van der Waals surface area contributed by atoms with Gasteiger partial charge >= 0.3 is 0 Å². The standard InChI is InChI=1S/C14H16FN3O/c1-10-12(9-17-18-10)8-16-14(19)7-4-11-2-5-13(15)6-3-11/h2-3,5-6,9H,4,7-8H2,1H3,(H,16,19)(H,17,18). The number of carbonyl (C=O) groups excluding carboxylic acids is 1. The Balaban J connectivity index is 1.76. The number of rotatable bonds is 5. The minimum absolute atomic E-state index is 0.0232. The molecular formula is C14H16FN3O. The Kier molecular flexibility index (Phi) is 4.28. The summed E-state index contributed by atoms with van der Waals surface area (Å²) in [5.74, 6) is -0.284. The molecule has 0 radical (unpaired) electrons. The summed E-state index contributed by atoms with van der Waals surface area (Å²) in [5, 5.41) is 9.54. The van der Waals surface area contributed by atoms with Crippen LogP contribution in [-0.2, 0) is 17.8 Å². The van der Waals surface area contributed by atoms with Gasteiger partial charge in [0.05, 0.1) is 6.20 Å². The van der Waals surface area contributed by atoms with E-state index in [2.05, 4.69) is 15.5 Å². The van der Waals surface area contributed by atoms with Crippen molar-refractivity contribution in [3.05, 3.63) is 53.1 Å². The summed E-state index contributed by atoms with van der Waals surface area (Å²) in [6, 6.07) is 6.20. The Morgan fingerprint density at radius 3 is 2.74 bits per heavy atom. The highest BCUT2D eigenvalue weighted by Crippen LogP contribution is 2.06. The maximum Gasteiger partial charge on any atom is 0.220 e. The van der Waals surface area contributed by atoms with Gasteiger partial charge in [-0.05, 0) is 31.0 Å². The Morgan fingerprint density at radius 1 is 1.37 bits per heavy atom. The first kappa shape index (κ1) is 13.3. The van der Waals surface area contributed by atoms with Gasteiger partial charge in [0, 0.05) is 24.2 Å². The van der Waals surface area contributed by atoms with Crippen LogP contribution in [0.3, 0.4) is 0 Å². The number of aromatic nitrogens is 2. The largest absolute Gasteiger partial charge is 0.352 e. The van der Waals surface area contributed by atoms with E-state index in [1.165, 1.54) is 12.1 Å². The van der Waals surface area contributed by atoms with Crippen LogP contribution in [0.4, 0.5) is 4.39 Å². The van der Waals surface area contributed by atoms with Crippen LogP contribution >= 0.6 is 0 Å². The molecule has 0 spiro atoms. The van der Waals surface area contributed by atoms with Gasteiger partial charge in [-0.15, -0.1) is 0 Å². The van der Waals surface area contributed by atoms with E-state index in [1.807, 2.05) is 6.92 Å². The third kappa shape index (κ3) is 3.91. The molecule has 1 heterocycles. The summed E-state index contributed by atoms with van der Waals surface area (Å²) in [5.41, 5.74) is 2.89. The van der Waals surface area contributed by atoms with Crippen LogP contribution in [-0.4, -0.2) is 16.1 Å². The van der Waals surface area contributed by atoms with Crippen LogP contribution in [0.2, 0.25) is 0 Å². The predicted molar refractivity (Wildman–Crippen MR) is 69.9 cm³/mol. The smallest absolute Gasteiger partial charge is 0.220 e. The van der Waals surface area contributed by atoms with E-state index in [1.54, 1.807) is 18.3 Å². The first-order valence-electron chi connectivity index (χ1n) is 6.15. The second-order valence-corrected chi connectivity index (χ2v) is 4.42. The fourth-order valence-electron chi connectivity index (χ4n) is 1.75. The van der Waals surface area contributed by atoms with Gasteiger partial charge in [0.15, 0.2) is 0 Å². The lowest BCUT2D eigenvalue weighted by molar-refractivity contribution is -0.121. The minimum Gasteiger partial charge on any atom is -0.352 e. The van der Waals surface area contributed by atoms with E-state index in [0.717, 1.165) is 16.8 Å². The van der Waals surface area contributed by atoms with Gasteiger partial charge < -0.3 is 5.32 Å². The van der Waals surface area contributed by atoms with E-state index >= 15 is 0 Å². The molecule has 1 aromatic heterocycles. The maximum atomic E-state index is 12.7. The summed E-state index contributed by atoms with van der Waals surface area (Å²) in [4.78, 5) is 11.7. The van der Waals surface area contributed by atoms with Crippen molar-refractivity contribution in [2.75, 3.05) is 0 Å². The van der Waals surface area contributed by atoms with E-state index < -0.39 is 0 Å². The van der Waals surface area contributed by atoms with E-state index in [4.69, 9.17) is 0 Å². The van der Waals surface area contributed by atoms with E-state index in [-0.39, 0.29) is 11.7 Å². The molecule has 0 unspecified atom stereocenters. The number of carbonyl (C=O) groups is 1. The first-order valence-corrected chi connectivity index (χ1v) is 6.15. The van der Waals surface area contributed by atoms with Crippen molar-refractivity contribution in [3.8, 4) is 0 Å². The van der Waals surface area contributed by atoms with Crippen molar-refractivity contribution in [3.63, 3.8) is 0 Å². The van der Waals surface area contributed by atoms with Crippen molar-refractivity contribution in [2.45, 2.75) is 26.3 Å². The topological polar surface area (TPSA) is 57.8 Å². The van der Waals surface area contributed by atoms with Gasteiger partial charge in [-0.2, -0.15) is 5.10 Å². The van der Waals surface area contributed by atoms with Crippen molar-refractivity contribution < 1.29 is 9.18 Å². The normalized spacial score (nSPS) is 10.4.